The molecule has 0 saturated heterocycles. The zero-order valence-electron chi connectivity index (χ0n) is 23.2. The molecule has 7 nitrogen and oxygen atoms in total. The number of anilines is 1. The zero-order valence-corrected chi connectivity index (χ0v) is 24.8. The first-order chi connectivity index (χ1) is 18.2. The van der Waals surface area contributed by atoms with Crippen molar-refractivity contribution in [3.05, 3.63) is 94.5 Å². The second-order valence-electron chi connectivity index (χ2n) is 10.7. The van der Waals surface area contributed by atoms with Crippen molar-refractivity contribution in [3.63, 3.8) is 0 Å². The summed E-state index contributed by atoms with van der Waals surface area (Å²) >= 11 is 6.05. The minimum atomic E-state index is -4.10. The van der Waals surface area contributed by atoms with Gasteiger partial charge in [-0.3, -0.25) is 13.9 Å². The van der Waals surface area contributed by atoms with E-state index in [0.29, 0.717) is 10.7 Å². The maximum atomic E-state index is 13.9. The number of sulfonamides is 1. The van der Waals surface area contributed by atoms with Crippen LogP contribution in [-0.4, -0.2) is 43.3 Å². The van der Waals surface area contributed by atoms with Crippen LogP contribution in [0, 0.1) is 13.8 Å². The third-order valence-electron chi connectivity index (χ3n) is 6.11. The van der Waals surface area contributed by atoms with E-state index in [1.807, 2.05) is 40.7 Å². The number of nitrogens with zero attached hydrogens (tertiary/aromatic N) is 2. The summed E-state index contributed by atoms with van der Waals surface area (Å²) in [7, 11) is -4.10. The van der Waals surface area contributed by atoms with Gasteiger partial charge in [-0.25, -0.2) is 8.42 Å². The molecule has 3 aromatic rings. The number of rotatable bonds is 9. The molecule has 0 fully saturated rings. The van der Waals surface area contributed by atoms with Crippen LogP contribution in [-0.2, 0) is 26.2 Å². The molecule has 3 rings (SSSR count). The largest absolute Gasteiger partial charge is 0.350 e. The third kappa shape index (κ3) is 8.07. The van der Waals surface area contributed by atoms with Gasteiger partial charge in [0.2, 0.25) is 11.8 Å². The normalized spacial score (nSPS) is 12.5. The van der Waals surface area contributed by atoms with E-state index in [4.69, 9.17) is 11.6 Å². The lowest BCUT2D eigenvalue weighted by Gasteiger charge is -2.33. The molecule has 0 saturated carbocycles. The Morgan fingerprint density at radius 1 is 0.923 bits per heavy atom. The number of hydrogen-bond acceptors (Lipinski definition) is 4. The van der Waals surface area contributed by atoms with Crippen LogP contribution in [0.15, 0.2) is 77.7 Å². The fourth-order valence-electron chi connectivity index (χ4n) is 3.99. The van der Waals surface area contributed by atoms with Crippen molar-refractivity contribution in [2.24, 2.45) is 0 Å². The standard InChI is InChI=1S/C30H36ClN3O4S/c1-21-10-16-27(17-11-21)39(37,38)34(26-9-7-8-22(2)18-26)20-28(35)33(19-24-12-14-25(31)15-13-24)23(3)29(36)32-30(4,5)6/h7-18,23H,19-20H2,1-6H3,(H,32,36). The summed E-state index contributed by atoms with van der Waals surface area (Å²) in [5, 5.41) is 3.46. The van der Waals surface area contributed by atoms with Gasteiger partial charge >= 0.3 is 0 Å². The maximum absolute atomic E-state index is 13.9. The van der Waals surface area contributed by atoms with E-state index >= 15 is 0 Å². The predicted molar refractivity (Wildman–Crippen MR) is 156 cm³/mol. The maximum Gasteiger partial charge on any atom is 0.264 e. The molecule has 1 atom stereocenters. The number of nitrogens with one attached hydrogen (secondary N) is 1. The van der Waals surface area contributed by atoms with Crippen molar-refractivity contribution in [1.29, 1.82) is 0 Å². The molecule has 0 radical (unpaired) electrons. The SMILES string of the molecule is Cc1ccc(S(=O)(=O)N(CC(=O)N(Cc2ccc(Cl)cc2)C(C)C(=O)NC(C)(C)C)c2cccc(C)c2)cc1. The van der Waals surface area contributed by atoms with E-state index in [-0.39, 0.29) is 17.3 Å². The lowest BCUT2D eigenvalue weighted by Crippen LogP contribution is -2.54. The molecule has 0 spiro atoms. The molecule has 2 amide bonds. The summed E-state index contributed by atoms with van der Waals surface area (Å²) in [4.78, 5) is 28.6. The fraction of sp³-hybridized carbons (Fsp3) is 0.333. The van der Waals surface area contributed by atoms with Crippen molar-refractivity contribution in [1.82, 2.24) is 10.2 Å². The first-order valence-electron chi connectivity index (χ1n) is 12.7. The summed E-state index contributed by atoms with van der Waals surface area (Å²) in [5.74, 6) is -0.855. The van der Waals surface area contributed by atoms with Crippen molar-refractivity contribution in [2.75, 3.05) is 10.8 Å². The number of hydrogen-bond donors (Lipinski definition) is 1. The highest BCUT2D eigenvalue weighted by atomic mass is 35.5. The van der Waals surface area contributed by atoms with Gasteiger partial charge < -0.3 is 10.2 Å². The third-order valence-corrected chi connectivity index (χ3v) is 8.15. The fourth-order valence-corrected chi connectivity index (χ4v) is 5.52. The summed E-state index contributed by atoms with van der Waals surface area (Å²) in [6, 6.07) is 19.6. The molecule has 9 heteroatoms. The van der Waals surface area contributed by atoms with Gasteiger partial charge in [0, 0.05) is 17.1 Å². The van der Waals surface area contributed by atoms with Crippen LogP contribution in [0.25, 0.3) is 0 Å². The lowest BCUT2D eigenvalue weighted by molar-refractivity contribution is -0.140. The van der Waals surface area contributed by atoms with E-state index < -0.39 is 34.1 Å². The summed E-state index contributed by atoms with van der Waals surface area (Å²) < 4.78 is 28.8. The average molecular weight is 570 g/mol. The molecule has 0 aliphatic carbocycles. The molecule has 3 aromatic carbocycles. The van der Waals surface area contributed by atoms with E-state index in [9.17, 15) is 18.0 Å². The zero-order chi connectivity index (χ0) is 29.0. The topological polar surface area (TPSA) is 86.8 Å². The van der Waals surface area contributed by atoms with Crippen molar-refractivity contribution < 1.29 is 18.0 Å². The minimum absolute atomic E-state index is 0.0742. The molecule has 0 aromatic heterocycles. The Labute approximate surface area is 236 Å². The van der Waals surface area contributed by atoms with Gasteiger partial charge in [0.1, 0.15) is 12.6 Å². The first kappa shape index (κ1) is 30.2. The van der Waals surface area contributed by atoms with Crippen LogP contribution >= 0.6 is 11.6 Å². The number of amides is 2. The molecule has 208 valence electrons. The van der Waals surface area contributed by atoms with E-state index in [1.165, 1.54) is 17.0 Å². The quantitative estimate of drug-likeness (QED) is 0.369. The van der Waals surface area contributed by atoms with Gasteiger partial charge in [0.15, 0.2) is 0 Å². The first-order valence-corrected chi connectivity index (χ1v) is 14.5. The van der Waals surface area contributed by atoms with Gasteiger partial charge in [-0.15, -0.1) is 0 Å². The predicted octanol–water partition coefficient (Wildman–Crippen LogP) is 5.48. The second kappa shape index (κ2) is 12.2. The van der Waals surface area contributed by atoms with Crippen LogP contribution in [0.1, 0.15) is 44.4 Å². The van der Waals surface area contributed by atoms with Crippen LogP contribution < -0.4 is 9.62 Å². The Morgan fingerprint density at radius 3 is 2.10 bits per heavy atom. The Kier molecular flexibility index (Phi) is 9.46. The Bertz CT molecular complexity index is 1420. The van der Waals surface area contributed by atoms with Crippen LogP contribution in [0.4, 0.5) is 5.69 Å². The molecule has 39 heavy (non-hydrogen) atoms. The highest BCUT2D eigenvalue weighted by Crippen LogP contribution is 2.26. The Hall–Kier alpha value is -3.36. The molecule has 0 aliphatic rings. The van der Waals surface area contributed by atoms with Gasteiger partial charge in [0.25, 0.3) is 10.0 Å². The van der Waals surface area contributed by atoms with Crippen LogP contribution in [0.2, 0.25) is 5.02 Å². The number of halogens is 1. The lowest BCUT2D eigenvalue weighted by atomic mass is 10.1. The van der Waals surface area contributed by atoms with Gasteiger partial charge in [-0.2, -0.15) is 0 Å². The van der Waals surface area contributed by atoms with Crippen molar-refractivity contribution >= 4 is 39.1 Å². The highest BCUT2D eigenvalue weighted by Gasteiger charge is 2.33. The molecule has 0 bridgehead atoms. The Balaban J connectivity index is 2.03. The van der Waals surface area contributed by atoms with Crippen LogP contribution in [0.5, 0.6) is 0 Å². The average Bonchev–Trinajstić information content (AvgIpc) is 2.85. The molecule has 1 unspecified atom stereocenters. The van der Waals surface area contributed by atoms with E-state index in [0.717, 1.165) is 21.0 Å². The molecule has 0 heterocycles. The number of carbonyl (C=O) groups is 2. The minimum Gasteiger partial charge on any atom is -0.350 e. The van der Waals surface area contributed by atoms with Crippen molar-refractivity contribution in [3.8, 4) is 0 Å². The van der Waals surface area contributed by atoms with Crippen molar-refractivity contribution in [2.45, 2.75) is 64.6 Å². The van der Waals surface area contributed by atoms with E-state index in [1.54, 1.807) is 61.5 Å². The molecular weight excluding hydrogens is 534 g/mol. The van der Waals surface area contributed by atoms with Gasteiger partial charge in [0.05, 0.1) is 10.6 Å². The summed E-state index contributed by atoms with van der Waals surface area (Å²) in [6.45, 7) is 10.6. The Morgan fingerprint density at radius 2 is 1.54 bits per heavy atom. The van der Waals surface area contributed by atoms with Gasteiger partial charge in [-0.05, 0) is 89.1 Å². The van der Waals surface area contributed by atoms with Crippen LogP contribution in [0.3, 0.4) is 0 Å². The highest BCUT2D eigenvalue weighted by molar-refractivity contribution is 7.92. The van der Waals surface area contributed by atoms with Gasteiger partial charge in [-0.1, -0.05) is 53.6 Å². The number of aryl methyl sites for hydroxylation is 2. The van der Waals surface area contributed by atoms with E-state index in [2.05, 4.69) is 5.32 Å². The monoisotopic (exact) mass is 569 g/mol. The molecule has 1 N–H and O–H groups in total. The summed E-state index contributed by atoms with van der Waals surface area (Å²) in [6.07, 6.45) is 0. The second-order valence-corrected chi connectivity index (χ2v) is 13.0. The number of benzene rings is 3. The summed E-state index contributed by atoms with van der Waals surface area (Å²) in [5.41, 5.74) is 2.37. The number of carbonyl (C=O) groups excluding carboxylic acids is 2. The smallest absolute Gasteiger partial charge is 0.264 e. The molecule has 0 aliphatic heterocycles. The molecular formula is C30H36ClN3O4S.